The van der Waals surface area contributed by atoms with Crippen molar-refractivity contribution in [3.8, 4) is 5.75 Å². The van der Waals surface area contributed by atoms with Crippen LogP contribution in [0.3, 0.4) is 0 Å². The largest absolute Gasteiger partial charge is 0.483 e. The van der Waals surface area contributed by atoms with Crippen molar-refractivity contribution in [3.63, 3.8) is 0 Å². The first-order valence-electron chi connectivity index (χ1n) is 7.52. The molecule has 1 aromatic heterocycles. The highest BCUT2D eigenvalue weighted by atomic mass is 79.9. The van der Waals surface area contributed by atoms with E-state index in [2.05, 4.69) is 32.5 Å². The number of amides is 1. The van der Waals surface area contributed by atoms with Crippen LogP contribution in [0.2, 0.25) is 0 Å². The average Bonchev–Trinajstić information content (AvgIpc) is 3.08. The van der Waals surface area contributed by atoms with Crippen molar-refractivity contribution in [1.29, 1.82) is 0 Å². The lowest BCUT2D eigenvalue weighted by Gasteiger charge is -2.19. The van der Waals surface area contributed by atoms with Crippen LogP contribution in [0.15, 0.2) is 44.5 Å². The van der Waals surface area contributed by atoms with E-state index in [0.29, 0.717) is 11.5 Å². The van der Waals surface area contributed by atoms with Gasteiger partial charge in [0.2, 0.25) is 0 Å². The van der Waals surface area contributed by atoms with E-state index in [1.54, 1.807) is 18.4 Å². The van der Waals surface area contributed by atoms with Crippen LogP contribution in [-0.2, 0) is 17.6 Å². The number of hydrogen-bond acceptors (Lipinski definition) is 4. The van der Waals surface area contributed by atoms with Gasteiger partial charge in [-0.2, -0.15) is 5.10 Å². The van der Waals surface area contributed by atoms with Crippen molar-refractivity contribution in [2.75, 3.05) is 6.61 Å². The van der Waals surface area contributed by atoms with Gasteiger partial charge >= 0.3 is 0 Å². The molecule has 0 fully saturated rings. The molecule has 23 heavy (non-hydrogen) atoms. The Morgan fingerprint density at radius 2 is 2.22 bits per heavy atom. The minimum Gasteiger partial charge on any atom is -0.483 e. The number of carbonyl (C=O) groups is 1. The number of hydrogen-bond donors (Lipinski definition) is 1. The Kier molecular flexibility index (Phi) is 5.12. The lowest BCUT2D eigenvalue weighted by atomic mass is 9.92. The lowest BCUT2D eigenvalue weighted by molar-refractivity contribution is -0.123. The summed E-state index contributed by atoms with van der Waals surface area (Å²) in [6.45, 7) is -0.0904. The third kappa shape index (κ3) is 4.01. The number of ether oxygens (including phenoxy) is 1. The quantitative estimate of drug-likeness (QED) is 0.641. The molecule has 2 aromatic rings. The number of halogens is 1. The Hall–Kier alpha value is -2.08. The van der Waals surface area contributed by atoms with Crippen LogP contribution >= 0.6 is 15.9 Å². The average molecular weight is 377 g/mol. The molecular formula is C17H17BrN2O3. The Morgan fingerprint density at radius 1 is 1.35 bits per heavy atom. The highest BCUT2D eigenvalue weighted by Crippen LogP contribution is 2.35. The van der Waals surface area contributed by atoms with Crippen LogP contribution in [0.5, 0.6) is 5.75 Å². The second-order valence-electron chi connectivity index (χ2n) is 5.32. The van der Waals surface area contributed by atoms with Crippen LogP contribution in [0.4, 0.5) is 0 Å². The SMILES string of the molecule is O=C(COc1ccc2c(c1Br)CCCC2)NN=Cc1ccco1. The van der Waals surface area contributed by atoms with Gasteiger partial charge < -0.3 is 9.15 Å². The van der Waals surface area contributed by atoms with Crippen molar-refractivity contribution in [1.82, 2.24) is 5.43 Å². The Labute approximate surface area is 142 Å². The Bertz CT molecular complexity index is 711. The molecule has 5 nitrogen and oxygen atoms in total. The van der Waals surface area contributed by atoms with E-state index in [4.69, 9.17) is 9.15 Å². The molecule has 1 aromatic carbocycles. The van der Waals surface area contributed by atoms with E-state index in [1.807, 2.05) is 6.07 Å². The predicted molar refractivity (Wildman–Crippen MR) is 90.7 cm³/mol. The first kappa shape index (κ1) is 15.8. The van der Waals surface area contributed by atoms with E-state index in [-0.39, 0.29) is 12.5 Å². The minimum atomic E-state index is -0.322. The standard InChI is InChI=1S/C17H17BrN2O3/c18-17-14-6-2-1-4-12(14)7-8-15(17)23-11-16(21)20-19-10-13-5-3-9-22-13/h3,5,7-10H,1-2,4,6,11H2,(H,20,21). The molecule has 0 aliphatic heterocycles. The summed E-state index contributed by atoms with van der Waals surface area (Å²) < 4.78 is 11.6. The molecule has 0 bridgehead atoms. The molecule has 0 radical (unpaired) electrons. The molecule has 0 spiro atoms. The van der Waals surface area contributed by atoms with Gasteiger partial charge in [-0.05, 0) is 70.9 Å². The summed E-state index contributed by atoms with van der Waals surface area (Å²) in [5, 5.41) is 3.81. The number of nitrogens with zero attached hydrogens (tertiary/aromatic N) is 1. The van der Waals surface area contributed by atoms with Crippen LogP contribution in [0, 0.1) is 0 Å². The number of furan rings is 1. The smallest absolute Gasteiger partial charge is 0.277 e. The van der Waals surface area contributed by atoms with E-state index >= 15 is 0 Å². The van der Waals surface area contributed by atoms with Gasteiger partial charge in [-0.15, -0.1) is 0 Å². The normalized spacial score (nSPS) is 13.8. The van der Waals surface area contributed by atoms with Crippen molar-refractivity contribution in [2.45, 2.75) is 25.7 Å². The fourth-order valence-electron chi connectivity index (χ4n) is 2.58. The Balaban J connectivity index is 1.55. The lowest BCUT2D eigenvalue weighted by Crippen LogP contribution is -2.24. The highest BCUT2D eigenvalue weighted by molar-refractivity contribution is 9.10. The van der Waals surface area contributed by atoms with Gasteiger partial charge in [0, 0.05) is 0 Å². The van der Waals surface area contributed by atoms with Crippen molar-refractivity contribution < 1.29 is 13.9 Å². The third-order valence-electron chi connectivity index (χ3n) is 3.71. The second kappa shape index (κ2) is 7.46. The van der Waals surface area contributed by atoms with Gasteiger partial charge in [0.25, 0.3) is 5.91 Å². The van der Waals surface area contributed by atoms with E-state index < -0.39 is 0 Å². The zero-order valence-corrected chi connectivity index (χ0v) is 14.1. The highest BCUT2D eigenvalue weighted by Gasteiger charge is 2.16. The molecule has 0 atom stereocenters. The van der Waals surface area contributed by atoms with Crippen molar-refractivity contribution in [2.24, 2.45) is 5.10 Å². The predicted octanol–water partition coefficient (Wildman–Crippen LogP) is 3.45. The maximum absolute atomic E-state index is 11.7. The number of fused-ring (bicyclic) bond motifs is 1. The zero-order valence-electron chi connectivity index (χ0n) is 12.5. The Morgan fingerprint density at radius 3 is 3.04 bits per heavy atom. The first-order chi connectivity index (χ1) is 11.2. The number of rotatable bonds is 5. The molecule has 1 amide bonds. The zero-order chi connectivity index (χ0) is 16.1. The van der Waals surface area contributed by atoms with Crippen LogP contribution < -0.4 is 10.2 Å². The van der Waals surface area contributed by atoms with E-state index in [1.165, 1.54) is 30.2 Å². The summed E-state index contributed by atoms with van der Waals surface area (Å²) in [5.41, 5.74) is 5.06. The van der Waals surface area contributed by atoms with Crippen molar-refractivity contribution in [3.05, 3.63) is 51.9 Å². The number of aryl methyl sites for hydroxylation is 1. The maximum atomic E-state index is 11.7. The monoisotopic (exact) mass is 376 g/mol. The summed E-state index contributed by atoms with van der Waals surface area (Å²) in [5.74, 6) is 0.942. The molecule has 1 N–H and O–H groups in total. The minimum absolute atomic E-state index is 0.0904. The molecule has 3 rings (SSSR count). The van der Waals surface area contributed by atoms with Gasteiger partial charge in [0.05, 0.1) is 17.0 Å². The van der Waals surface area contributed by atoms with Gasteiger partial charge in [0.15, 0.2) is 6.61 Å². The van der Waals surface area contributed by atoms with Crippen LogP contribution in [-0.4, -0.2) is 18.7 Å². The third-order valence-corrected chi connectivity index (χ3v) is 4.58. The van der Waals surface area contributed by atoms with Gasteiger partial charge in [0.1, 0.15) is 11.5 Å². The van der Waals surface area contributed by atoms with Crippen LogP contribution in [0.1, 0.15) is 29.7 Å². The number of nitrogens with one attached hydrogen (secondary N) is 1. The molecule has 0 saturated carbocycles. The molecule has 1 aliphatic carbocycles. The molecule has 1 aliphatic rings. The fraction of sp³-hybridized carbons (Fsp3) is 0.294. The summed E-state index contributed by atoms with van der Waals surface area (Å²) >= 11 is 3.60. The van der Waals surface area contributed by atoms with E-state index in [0.717, 1.165) is 17.3 Å². The van der Waals surface area contributed by atoms with Crippen LogP contribution in [0.25, 0.3) is 0 Å². The summed E-state index contributed by atoms with van der Waals surface area (Å²) in [7, 11) is 0. The van der Waals surface area contributed by atoms with E-state index in [9.17, 15) is 4.79 Å². The summed E-state index contributed by atoms with van der Waals surface area (Å²) in [4.78, 5) is 11.7. The summed E-state index contributed by atoms with van der Waals surface area (Å²) in [6, 6.07) is 7.49. The molecule has 0 unspecified atom stereocenters. The van der Waals surface area contributed by atoms with Gasteiger partial charge in [-0.1, -0.05) is 6.07 Å². The number of hydrazone groups is 1. The summed E-state index contributed by atoms with van der Waals surface area (Å²) in [6.07, 6.45) is 7.56. The second-order valence-corrected chi connectivity index (χ2v) is 6.11. The van der Waals surface area contributed by atoms with Crippen molar-refractivity contribution >= 4 is 28.1 Å². The number of carbonyl (C=O) groups excluding carboxylic acids is 1. The molecular weight excluding hydrogens is 360 g/mol. The molecule has 6 heteroatoms. The van der Waals surface area contributed by atoms with Gasteiger partial charge in [-0.25, -0.2) is 5.43 Å². The van der Waals surface area contributed by atoms with Gasteiger partial charge in [-0.3, -0.25) is 4.79 Å². The molecule has 120 valence electrons. The molecule has 1 heterocycles. The maximum Gasteiger partial charge on any atom is 0.277 e. The first-order valence-corrected chi connectivity index (χ1v) is 8.32. The fourth-order valence-corrected chi connectivity index (χ4v) is 3.28. The number of benzene rings is 1. The topological polar surface area (TPSA) is 63.8 Å². The molecule has 0 saturated heterocycles.